The first kappa shape index (κ1) is 19.2. The van der Waals surface area contributed by atoms with Crippen LogP contribution in [0.2, 0.25) is 0 Å². The van der Waals surface area contributed by atoms with Gasteiger partial charge in [-0.15, -0.1) is 5.10 Å². The minimum absolute atomic E-state index is 0.0316. The Kier molecular flexibility index (Phi) is 6.49. The fourth-order valence-electron chi connectivity index (χ4n) is 1.78. The third kappa shape index (κ3) is 5.17. The van der Waals surface area contributed by atoms with Gasteiger partial charge in [0.2, 0.25) is 5.82 Å². The molecule has 0 aliphatic rings. The topological polar surface area (TPSA) is 162 Å². The number of phenols is 1. The van der Waals surface area contributed by atoms with Gasteiger partial charge in [0.05, 0.1) is 23.8 Å². The molecule has 1 amide bonds. The predicted octanol–water partition coefficient (Wildman–Crippen LogP) is -0.113. The Morgan fingerprint density at radius 2 is 2.23 bits per heavy atom. The highest BCUT2D eigenvalue weighted by molar-refractivity contribution is 9.10. The van der Waals surface area contributed by atoms with E-state index in [1.807, 2.05) is 10.1 Å². The van der Waals surface area contributed by atoms with Crippen molar-refractivity contribution in [2.24, 2.45) is 5.10 Å². The van der Waals surface area contributed by atoms with E-state index in [0.717, 1.165) is 0 Å². The Bertz CT molecular complexity index is 938. The first-order valence-corrected chi connectivity index (χ1v) is 8.10. The van der Waals surface area contributed by atoms with Gasteiger partial charge in [-0.2, -0.15) is 5.10 Å². The SMILES string of the molecule is CCOc1cc(/C=N/NC(=O)CNc2n[nH]c(=O)[nH]c2=O)cc(Br)c1O. The molecule has 11 nitrogen and oxygen atoms in total. The van der Waals surface area contributed by atoms with Crippen LogP contribution in [0.25, 0.3) is 0 Å². The second kappa shape index (κ2) is 8.80. The number of phenolic OH excluding ortho intramolecular Hbond substituents is 1. The second-order valence-corrected chi connectivity index (χ2v) is 5.64. The summed E-state index contributed by atoms with van der Waals surface area (Å²) in [6.07, 6.45) is 1.36. The zero-order valence-electron chi connectivity index (χ0n) is 13.5. The van der Waals surface area contributed by atoms with Gasteiger partial charge in [-0.25, -0.2) is 15.3 Å². The lowest BCUT2D eigenvalue weighted by atomic mass is 10.2. The Hall–Kier alpha value is -3.15. The maximum Gasteiger partial charge on any atom is 0.342 e. The Labute approximate surface area is 154 Å². The number of halogens is 1. The van der Waals surface area contributed by atoms with E-state index in [4.69, 9.17) is 4.74 Å². The maximum absolute atomic E-state index is 11.7. The van der Waals surface area contributed by atoms with Gasteiger partial charge in [-0.05, 0) is 40.5 Å². The quantitative estimate of drug-likeness (QED) is 0.304. The van der Waals surface area contributed by atoms with E-state index < -0.39 is 17.2 Å². The summed E-state index contributed by atoms with van der Waals surface area (Å²) in [5, 5.41) is 21.6. The summed E-state index contributed by atoms with van der Waals surface area (Å²) in [5.41, 5.74) is 1.33. The standard InChI is InChI=1S/C14H15BrN6O5/c1-2-26-9-4-7(3-8(15)11(9)23)5-17-19-10(22)6-16-12-13(24)18-14(25)21-20-12/h3-5,23H,2,6H2,1H3,(H,16,20)(H,19,22)(H2,18,21,24,25)/b17-5+. The smallest absolute Gasteiger partial charge is 0.342 e. The summed E-state index contributed by atoms with van der Waals surface area (Å²) in [6.45, 7) is 1.87. The molecule has 0 bridgehead atoms. The lowest BCUT2D eigenvalue weighted by molar-refractivity contribution is -0.119. The molecule has 5 N–H and O–H groups in total. The predicted molar refractivity (Wildman–Crippen MR) is 96.7 cm³/mol. The number of aromatic hydroxyl groups is 1. The lowest BCUT2D eigenvalue weighted by Gasteiger charge is -2.08. The molecule has 0 saturated heterocycles. The molecule has 0 radical (unpaired) electrons. The Balaban J connectivity index is 1.94. The number of hydrazone groups is 1. The first-order chi connectivity index (χ1) is 12.4. The van der Waals surface area contributed by atoms with Crippen LogP contribution in [0, 0.1) is 0 Å². The van der Waals surface area contributed by atoms with Gasteiger partial charge in [-0.1, -0.05) is 0 Å². The number of carbonyl (C=O) groups excluding carboxylic acids is 1. The van der Waals surface area contributed by atoms with Crippen LogP contribution in [0.5, 0.6) is 11.5 Å². The normalized spacial score (nSPS) is 10.7. The molecule has 12 heteroatoms. The average Bonchev–Trinajstić information content (AvgIpc) is 2.58. The summed E-state index contributed by atoms with van der Waals surface area (Å²) >= 11 is 3.20. The van der Waals surface area contributed by atoms with Crippen molar-refractivity contribution < 1.29 is 14.6 Å². The van der Waals surface area contributed by atoms with Gasteiger partial charge in [0.1, 0.15) is 0 Å². The Morgan fingerprint density at radius 3 is 2.92 bits per heavy atom. The number of hydrogen-bond acceptors (Lipinski definition) is 8. The molecule has 1 aromatic heterocycles. The average molecular weight is 427 g/mol. The lowest BCUT2D eigenvalue weighted by Crippen LogP contribution is -2.31. The number of aromatic nitrogens is 3. The summed E-state index contributed by atoms with van der Waals surface area (Å²) in [4.78, 5) is 35.9. The maximum atomic E-state index is 11.7. The molecule has 1 aromatic carbocycles. The van der Waals surface area contributed by atoms with Crippen LogP contribution in [0.1, 0.15) is 12.5 Å². The number of carbonyl (C=O) groups is 1. The minimum atomic E-state index is -0.749. The molecular weight excluding hydrogens is 412 g/mol. The number of ether oxygens (including phenoxy) is 1. The van der Waals surface area contributed by atoms with Crippen LogP contribution in [-0.2, 0) is 4.79 Å². The molecule has 0 unspecified atom stereocenters. The van der Waals surface area contributed by atoms with E-state index in [-0.39, 0.29) is 23.9 Å². The van der Waals surface area contributed by atoms with E-state index in [2.05, 4.69) is 36.9 Å². The van der Waals surface area contributed by atoms with Gasteiger partial charge >= 0.3 is 5.69 Å². The van der Waals surface area contributed by atoms with E-state index in [1.165, 1.54) is 6.21 Å². The van der Waals surface area contributed by atoms with Crippen molar-refractivity contribution in [3.8, 4) is 11.5 Å². The van der Waals surface area contributed by atoms with Gasteiger partial charge in [0.15, 0.2) is 11.5 Å². The zero-order valence-corrected chi connectivity index (χ0v) is 15.1. The minimum Gasteiger partial charge on any atom is -0.503 e. The highest BCUT2D eigenvalue weighted by atomic mass is 79.9. The van der Waals surface area contributed by atoms with Crippen molar-refractivity contribution in [2.45, 2.75) is 6.92 Å². The molecule has 138 valence electrons. The third-order valence-corrected chi connectivity index (χ3v) is 3.49. The van der Waals surface area contributed by atoms with Crippen molar-refractivity contribution >= 4 is 33.9 Å². The molecule has 0 aliphatic carbocycles. The van der Waals surface area contributed by atoms with E-state index in [0.29, 0.717) is 16.6 Å². The highest BCUT2D eigenvalue weighted by Gasteiger charge is 2.08. The molecule has 0 atom stereocenters. The van der Waals surface area contributed by atoms with Crippen LogP contribution in [0.3, 0.4) is 0 Å². The number of H-pyrrole nitrogens is 2. The number of rotatable bonds is 7. The van der Waals surface area contributed by atoms with Crippen molar-refractivity contribution in [1.82, 2.24) is 20.6 Å². The number of anilines is 1. The second-order valence-electron chi connectivity index (χ2n) is 4.78. The monoisotopic (exact) mass is 426 g/mol. The van der Waals surface area contributed by atoms with Crippen LogP contribution < -0.4 is 26.7 Å². The van der Waals surface area contributed by atoms with Gasteiger partial charge in [-0.3, -0.25) is 14.6 Å². The van der Waals surface area contributed by atoms with Gasteiger partial charge in [0, 0.05) is 0 Å². The molecule has 26 heavy (non-hydrogen) atoms. The van der Waals surface area contributed by atoms with Gasteiger partial charge < -0.3 is 15.2 Å². The molecule has 0 aliphatic heterocycles. The molecule has 0 saturated carbocycles. The van der Waals surface area contributed by atoms with E-state index >= 15 is 0 Å². The highest BCUT2D eigenvalue weighted by Crippen LogP contribution is 2.34. The van der Waals surface area contributed by atoms with Gasteiger partial charge in [0.25, 0.3) is 11.5 Å². The number of amides is 1. The number of aromatic amines is 2. The summed E-state index contributed by atoms with van der Waals surface area (Å²) < 4.78 is 5.71. The molecule has 0 fully saturated rings. The van der Waals surface area contributed by atoms with Crippen molar-refractivity contribution in [2.75, 3.05) is 18.5 Å². The molecule has 2 rings (SSSR count). The first-order valence-electron chi connectivity index (χ1n) is 7.30. The number of nitrogens with one attached hydrogen (secondary N) is 4. The van der Waals surface area contributed by atoms with Crippen molar-refractivity contribution in [3.63, 3.8) is 0 Å². The largest absolute Gasteiger partial charge is 0.503 e. The van der Waals surface area contributed by atoms with Crippen LogP contribution in [0.15, 0.2) is 31.3 Å². The molecular formula is C14H15BrN6O5. The third-order valence-electron chi connectivity index (χ3n) is 2.88. The van der Waals surface area contributed by atoms with Crippen molar-refractivity contribution in [1.29, 1.82) is 0 Å². The molecule has 0 spiro atoms. The van der Waals surface area contributed by atoms with Crippen LogP contribution in [-0.4, -0.2) is 45.6 Å². The zero-order chi connectivity index (χ0) is 19.1. The molecule has 1 heterocycles. The molecule has 2 aromatic rings. The number of benzene rings is 1. The summed E-state index contributed by atoms with van der Waals surface area (Å²) in [6, 6.07) is 3.15. The van der Waals surface area contributed by atoms with E-state index in [1.54, 1.807) is 19.1 Å². The van der Waals surface area contributed by atoms with Crippen LogP contribution >= 0.6 is 15.9 Å². The van der Waals surface area contributed by atoms with E-state index in [9.17, 15) is 19.5 Å². The number of nitrogens with zero attached hydrogens (tertiary/aromatic N) is 2. The van der Waals surface area contributed by atoms with Crippen molar-refractivity contribution in [3.05, 3.63) is 43.0 Å². The summed E-state index contributed by atoms with van der Waals surface area (Å²) in [7, 11) is 0. The fourth-order valence-corrected chi connectivity index (χ4v) is 2.24. The Morgan fingerprint density at radius 1 is 1.46 bits per heavy atom. The number of hydrogen-bond donors (Lipinski definition) is 5. The summed E-state index contributed by atoms with van der Waals surface area (Å²) in [5.74, 6) is -0.500. The fraction of sp³-hybridized carbons (Fsp3) is 0.214. The van der Waals surface area contributed by atoms with Crippen LogP contribution in [0.4, 0.5) is 5.82 Å².